The number of primary amides is 1. The molecule has 0 saturated carbocycles. The summed E-state index contributed by atoms with van der Waals surface area (Å²) in [5.74, 6) is -9.95. The first kappa shape index (κ1) is 70.1. The van der Waals surface area contributed by atoms with Crippen LogP contribution in [-0.4, -0.2) is 165 Å². The Bertz CT molecular complexity index is 2730. The second kappa shape index (κ2) is 37.1. The molecule has 15 N–H and O–H groups in total. The maximum absolute atomic E-state index is 14.2. The topological polar surface area (TPSA) is 440 Å². The summed E-state index contributed by atoms with van der Waals surface area (Å²) in [7, 11) is 0. The average molecular weight is 1220 g/mol. The van der Waals surface area contributed by atoms with Gasteiger partial charge >= 0.3 is 5.97 Å². The molecule has 2 aliphatic heterocycles. The predicted molar refractivity (Wildman–Crippen MR) is 316 cm³/mol. The van der Waals surface area contributed by atoms with Crippen LogP contribution in [-0.2, 0) is 75.2 Å². The van der Waals surface area contributed by atoms with Crippen LogP contribution in [0.15, 0.2) is 59.6 Å². The Labute approximate surface area is 503 Å². The number of aliphatic imine (C=N–C) groups is 1. The van der Waals surface area contributed by atoms with Crippen molar-refractivity contribution in [3.05, 3.63) is 65.7 Å². The molecule has 2 heterocycles. The van der Waals surface area contributed by atoms with E-state index in [-0.39, 0.29) is 126 Å². The molecule has 86 heavy (non-hydrogen) atoms. The van der Waals surface area contributed by atoms with Crippen molar-refractivity contribution < 1.29 is 72.5 Å². The van der Waals surface area contributed by atoms with Gasteiger partial charge in [-0.2, -0.15) is 0 Å². The van der Waals surface area contributed by atoms with Crippen molar-refractivity contribution in [2.45, 2.75) is 164 Å². The number of thioether (sulfide) groups is 1. The molecule has 2 aliphatic rings. The lowest BCUT2D eigenvalue weighted by atomic mass is 9.90. The molecule has 0 bridgehead atoms. The van der Waals surface area contributed by atoms with Crippen LogP contribution in [0.4, 0.5) is 0 Å². The van der Waals surface area contributed by atoms with Gasteiger partial charge in [0, 0.05) is 69.8 Å². The molecule has 7 atom stereocenters. The third-order valence-corrected chi connectivity index (χ3v) is 15.5. The first-order chi connectivity index (χ1) is 41.0. The minimum Gasteiger partial charge on any atom is -0.508 e. The molecule has 0 spiro atoms. The van der Waals surface area contributed by atoms with E-state index in [9.17, 15) is 72.5 Å². The van der Waals surface area contributed by atoms with Crippen molar-refractivity contribution in [2.24, 2.45) is 28.1 Å². The second-order valence-corrected chi connectivity index (χ2v) is 22.4. The van der Waals surface area contributed by atoms with Crippen LogP contribution in [0.2, 0.25) is 0 Å². The molecule has 2 aromatic rings. The number of guanidine groups is 1. The molecule has 4 unspecified atom stereocenters. The zero-order chi connectivity index (χ0) is 63.1. The van der Waals surface area contributed by atoms with E-state index in [4.69, 9.17) is 17.2 Å². The van der Waals surface area contributed by atoms with Gasteiger partial charge in [0.2, 0.25) is 59.1 Å². The molecule has 27 nitrogen and oxygen atoms in total. The Morgan fingerprint density at radius 2 is 1.37 bits per heavy atom. The molecule has 2 saturated heterocycles. The van der Waals surface area contributed by atoms with E-state index in [1.165, 1.54) is 12.1 Å². The smallest absolute Gasteiger partial charge is 0.305 e. The number of likely N-dealkylation sites (tertiary alicyclic amines) is 1. The van der Waals surface area contributed by atoms with Crippen LogP contribution in [0.3, 0.4) is 0 Å². The molecular weight excluding hydrogens is 1140 g/mol. The summed E-state index contributed by atoms with van der Waals surface area (Å²) in [6.07, 6.45) is 2.65. The molecule has 0 radical (unpaired) electrons. The lowest BCUT2D eigenvalue weighted by Crippen LogP contribution is -2.54. The minimum atomic E-state index is -1.63. The van der Waals surface area contributed by atoms with Crippen molar-refractivity contribution in [1.82, 2.24) is 42.1 Å². The van der Waals surface area contributed by atoms with Crippen molar-refractivity contribution in [1.29, 1.82) is 0 Å². The number of nitrogens with one attached hydrogen (secondary N) is 7. The lowest BCUT2D eigenvalue weighted by molar-refractivity contribution is -0.141. The van der Waals surface area contributed by atoms with Crippen LogP contribution >= 0.6 is 11.8 Å². The zero-order valence-corrected chi connectivity index (χ0v) is 49.3. The van der Waals surface area contributed by atoms with E-state index in [0.717, 1.165) is 22.2 Å². The number of benzene rings is 2. The fourth-order valence-corrected chi connectivity index (χ4v) is 10.7. The van der Waals surface area contributed by atoms with Gasteiger partial charge in [-0.1, -0.05) is 68.7 Å². The normalized spacial score (nSPS) is 19.3. The summed E-state index contributed by atoms with van der Waals surface area (Å²) in [6.45, 7) is 1.11. The monoisotopic (exact) mass is 1220 g/mol. The summed E-state index contributed by atoms with van der Waals surface area (Å²) in [5, 5.41) is 36.4. The van der Waals surface area contributed by atoms with E-state index < -0.39 is 126 Å². The molecule has 10 amide bonds. The minimum absolute atomic E-state index is 0.00117. The van der Waals surface area contributed by atoms with Gasteiger partial charge in [0.05, 0.1) is 30.3 Å². The SMILES string of the molecule is CCCC(=O)N[C@@H](Cc1ccc(O)cc1)C(=O)CCCCCCC(=O)NC(CSC1CC(=O)N(CCC(=O)NCCCCC2CC(=O)C(Cc3ccccc3)NC(=O)[C@@H](CC(=O)O)NC(=O)CNC(=O)[C@H](CCCN=C(N)N)NC2=O)C1=O)C(N)=O. The van der Waals surface area contributed by atoms with Crippen LogP contribution < -0.4 is 54.4 Å². The van der Waals surface area contributed by atoms with Crippen molar-refractivity contribution in [2.75, 3.05) is 31.9 Å². The number of hydrogen-bond donors (Lipinski definition) is 12. The molecule has 470 valence electrons. The van der Waals surface area contributed by atoms with E-state index in [0.29, 0.717) is 37.7 Å². The highest BCUT2D eigenvalue weighted by Gasteiger charge is 2.40. The Hall–Kier alpha value is -8.43. The highest BCUT2D eigenvalue weighted by Crippen LogP contribution is 2.26. The molecule has 2 fully saturated rings. The van der Waals surface area contributed by atoms with E-state index in [2.05, 4.69) is 42.2 Å². The first-order valence-electron chi connectivity index (χ1n) is 29.0. The number of hydrogen-bond acceptors (Lipinski definition) is 16. The van der Waals surface area contributed by atoms with Gasteiger partial charge in [0.15, 0.2) is 17.5 Å². The number of nitrogens with two attached hydrogens (primary N) is 3. The maximum atomic E-state index is 14.2. The lowest BCUT2D eigenvalue weighted by Gasteiger charge is -2.24. The third kappa shape index (κ3) is 25.8. The number of aromatic hydroxyl groups is 1. The van der Waals surface area contributed by atoms with E-state index in [1.807, 2.05) is 6.92 Å². The van der Waals surface area contributed by atoms with Crippen LogP contribution in [0.1, 0.15) is 127 Å². The number of unbranched alkanes of at least 4 members (excludes halogenated alkanes) is 4. The number of rotatable bonds is 34. The van der Waals surface area contributed by atoms with Crippen LogP contribution in [0.5, 0.6) is 5.75 Å². The van der Waals surface area contributed by atoms with Crippen molar-refractivity contribution in [3.63, 3.8) is 0 Å². The van der Waals surface area contributed by atoms with Gasteiger partial charge in [-0.05, 0) is 81.0 Å². The number of carboxylic acids is 1. The number of carboxylic acid groups (broad SMARTS) is 1. The van der Waals surface area contributed by atoms with Crippen molar-refractivity contribution in [3.8, 4) is 5.75 Å². The molecule has 28 heteroatoms. The van der Waals surface area contributed by atoms with E-state index in [1.54, 1.807) is 42.5 Å². The molecule has 4 rings (SSSR count). The highest BCUT2D eigenvalue weighted by atomic mass is 32.2. The fraction of sp³-hybridized carbons (Fsp3) is 0.552. The number of imide groups is 1. The largest absolute Gasteiger partial charge is 0.508 e. The maximum Gasteiger partial charge on any atom is 0.305 e. The number of Topliss-reactive ketones (excluding diaryl/α,β-unsaturated/α-hetero) is 2. The second-order valence-electron chi connectivity index (χ2n) is 21.2. The molecular formula is C58H82N12O15S. The average Bonchev–Trinajstić information content (AvgIpc) is 3.45. The third-order valence-electron chi connectivity index (χ3n) is 14.2. The van der Waals surface area contributed by atoms with Gasteiger partial charge in [-0.3, -0.25) is 72.2 Å². The highest BCUT2D eigenvalue weighted by molar-refractivity contribution is 8.00. The fourth-order valence-electron chi connectivity index (χ4n) is 9.52. The number of aliphatic carboxylic acids is 1. The summed E-state index contributed by atoms with van der Waals surface area (Å²) in [6, 6.07) is 8.98. The Kier molecular flexibility index (Phi) is 30.2. The van der Waals surface area contributed by atoms with Crippen LogP contribution in [0, 0.1) is 5.92 Å². The first-order valence-corrected chi connectivity index (χ1v) is 30.0. The van der Waals surface area contributed by atoms with Gasteiger partial charge in [0.1, 0.15) is 23.9 Å². The molecule has 0 aromatic heterocycles. The predicted octanol–water partition coefficient (Wildman–Crippen LogP) is -0.433. The summed E-state index contributed by atoms with van der Waals surface area (Å²) < 4.78 is 0. The number of phenolic OH excluding ortho intramolecular Hbond substituents is 1. The Morgan fingerprint density at radius 3 is 2.05 bits per heavy atom. The zero-order valence-electron chi connectivity index (χ0n) is 48.4. The summed E-state index contributed by atoms with van der Waals surface area (Å²) >= 11 is 0.975. The molecule has 0 aliphatic carbocycles. The van der Waals surface area contributed by atoms with Gasteiger partial charge in [0.25, 0.3) is 0 Å². The molecule has 2 aromatic carbocycles. The number of carbonyl (C=O) groups excluding carboxylic acids is 12. The summed E-state index contributed by atoms with van der Waals surface area (Å²) in [5.41, 5.74) is 17.9. The van der Waals surface area contributed by atoms with Crippen LogP contribution in [0.25, 0.3) is 0 Å². The summed E-state index contributed by atoms with van der Waals surface area (Å²) in [4.78, 5) is 175. The quantitative estimate of drug-likeness (QED) is 0.0183. The van der Waals surface area contributed by atoms with E-state index >= 15 is 0 Å². The van der Waals surface area contributed by atoms with Gasteiger partial charge in [-0.15, -0.1) is 11.8 Å². The van der Waals surface area contributed by atoms with Gasteiger partial charge in [-0.25, -0.2) is 0 Å². The number of ketones is 2. The number of phenols is 1. The van der Waals surface area contributed by atoms with Gasteiger partial charge < -0.3 is 64.6 Å². The number of nitrogens with zero attached hydrogens (tertiary/aromatic N) is 2. The van der Waals surface area contributed by atoms with Crippen molar-refractivity contribution >= 4 is 94.3 Å². The number of carbonyl (C=O) groups is 13. The number of amides is 10. The standard InChI is InChI=1S/C58H82N12O15S/c1-2-13-48(75)65-40(29-36-20-22-38(71)23-21-36)44(72)18-8-3-4-9-19-49(76)67-43(53(59)81)34-86-46-32-51(78)70(57(46)85)27-24-47(74)62-25-11-10-16-37-30-45(73)41(28-35-14-6-5-7-15-35)69-56(84)42(31-52(79)80)66-50(77)33-64-55(83)39(68-54(37)82)17-12-26-63-58(60)61/h5-7,14-15,20-23,37,39-43,46,71H,2-4,8-13,16-19,24-34H2,1H3,(H2,59,81)(H,62,74)(H,64,83)(H,65,75)(H,66,77)(H,67,76)(H,68,82)(H,69,84)(H,79,80)(H4,60,61,63)/t37?,39-,40-,41?,42+,43?,46?/m0/s1. The Balaban J connectivity index is 1.26. The Morgan fingerprint density at radius 1 is 0.698 bits per heavy atom.